The van der Waals surface area contributed by atoms with Crippen molar-refractivity contribution in [2.75, 3.05) is 25.4 Å². The van der Waals surface area contributed by atoms with E-state index < -0.39 is 0 Å². The molecule has 0 unspecified atom stereocenters. The van der Waals surface area contributed by atoms with E-state index in [1.165, 1.54) is 6.33 Å². The topological polar surface area (TPSA) is 104 Å². The Morgan fingerprint density at radius 1 is 1.12 bits per heavy atom. The number of hydrogen-bond acceptors (Lipinski definition) is 6. The molecule has 0 radical (unpaired) electrons. The van der Waals surface area contributed by atoms with E-state index in [-0.39, 0.29) is 12.0 Å². The lowest BCUT2D eigenvalue weighted by Crippen LogP contribution is -2.38. The maximum atomic E-state index is 12.4. The number of halogens is 1. The number of carbonyl (C=O) groups is 1. The third-order valence-electron chi connectivity index (χ3n) is 7.67. The molecule has 0 aliphatic carbocycles. The molecule has 2 aromatic carbocycles. The van der Waals surface area contributed by atoms with E-state index in [9.17, 15) is 4.79 Å². The van der Waals surface area contributed by atoms with Gasteiger partial charge in [0.25, 0.3) is 0 Å². The molecular formula is C30H32ClN7O2. The lowest BCUT2D eigenvalue weighted by atomic mass is 9.93. The van der Waals surface area contributed by atoms with Crippen molar-refractivity contribution in [3.8, 4) is 11.1 Å². The molecule has 0 atom stereocenters. The number of likely N-dealkylation sites (tertiary alicyclic amines) is 1. The number of benzene rings is 2. The molecule has 1 aliphatic rings. The van der Waals surface area contributed by atoms with E-state index in [4.69, 9.17) is 27.2 Å². The van der Waals surface area contributed by atoms with Crippen LogP contribution in [0.25, 0.3) is 27.5 Å². The number of nitrogens with two attached hydrogens (primary N) is 1. The van der Waals surface area contributed by atoms with Gasteiger partial charge in [-0.2, -0.15) is 10.2 Å². The monoisotopic (exact) mass is 557 g/mol. The summed E-state index contributed by atoms with van der Waals surface area (Å²) in [6.45, 7) is 4.43. The van der Waals surface area contributed by atoms with Crippen LogP contribution in [0.3, 0.4) is 0 Å². The zero-order valence-electron chi connectivity index (χ0n) is 22.5. The minimum absolute atomic E-state index is 0.221. The van der Waals surface area contributed by atoms with Crippen LogP contribution >= 0.6 is 11.6 Å². The van der Waals surface area contributed by atoms with Crippen LogP contribution in [0.15, 0.2) is 60.9 Å². The van der Waals surface area contributed by atoms with Gasteiger partial charge in [0, 0.05) is 35.7 Å². The van der Waals surface area contributed by atoms with Gasteiger partial charge in [-0.15, -0.1) is 0 Å². The van der Waals surface area contributed by atoms with Gasteiger partial charge in [-0.3, -0.25) is 0 Å². The smallest absolute Gasteiger partial charge is 0.409 e. The number of ether oxygens (including phenoxy) is 1. The zero-order chi connectivity index (χ0) is 27.6. The number of hydrogen-bond donors (Lipinski definition) is 1. The van der Waals surface area contributed by atoms with Gasteiger partial charge in [0.2, 0.25) is 0 Å². The van der Waals surface area contributed by atoms with Crippen molar-refractivity contribution >= 4 is 39.9 Å². The molecule has 4 heterocycles. The molecule has 10 heteroatoms. The Morgan fingerprint density at radius 2 is 1.93 bits per heavy atom. The molecular weight excluding hydrogens is 526 g/mol. The number of amides is 1. The Bertz CT molecular complexity index is 1660. The highest BCUT2D eigenvalue weighted by Crippen LogP contribution is 2.38. The summed E-state index contributed by atoms with van der Waals surface area (Å²) in [5, 5.41) is 10.9. The summed E-state index contributed by atoms with van der Waals surface area (Å²) in [5.41, 5.74) is 12.1. The first-order valence-corrected chi connectivity index (χ1v) is 14.2. The van der Waals surface area contributed by atoms with E-state index >= 15 is 0 Å². The van der Waals surface area contributed by atoms with E-state index in [1.54, 1.807) is 4.90 Å². The maximum absolute atomic E-state index is 12.4. The van der Waals surface area contributed by atoms with Crippen LogP contribution in [0.5, 0.6) is 0 Å². The van der Waals surface area contributed by atoms with Crippen LogP contribution in [0.4, 0.5) is 10.6 Å². The zero-order valence-corrected chi connectivity index (χ0v) is 23.2. The number of rotatable bonds is 7. The lowest BCUT2D eigenvalue weighted by Gasteiger charge is -2.31. The van der Waals surface area contributed by atoms with Gasteiger partial charge >= 0.3 is 6.09 Å². The third-order valence-corrected chi connectivity index (χ3v) is 8.07. The first kappa shape index (κ1) is 26.1. The molecule has 1 aliphatic heterocycles. The van der Waals surface area contributed by atoms with Crippen LogP contribution in [0.1, 0.15) is 49.8 Å². The Kier molecular flexibility index (Phi) is 7.30. The summed E-state index contributed by atoms with van der Waals surface area (Å²) >= 11 is 6.72. The molecule has 0 saturated carbocycles. The number of piperidine rings is 1. The predicted molar refractivity (Wildman–Crippen MR) is 156 cm³/mol. The number of carbonyl (C=O) groups excluding carboxylic acids is 1. The fraction of sp³-hybridized carbons (Fsp3) is 0.333. The van der Waals surface area contributed by atoms with E-state index in [2.05, 4.69) is 35.2 Å². The molecule has 40 heavy (non-hydrogen) atoms. The summed E-state index contributed by atoms with van der Waals surface area (Å²) < 4.78 is 9.15. The predicted octanol–water partition coefficient (Wildman–Crippen LogP) is 6.15. The normalized spacial score (nSPS) is 14.3. The van der Waals surface area contributed by atoms with Crippen molar-refractivity contribution < 1.29 is 9.53 Å². The summed E-state index contributed by atoms with van der Waals surface area (Å²) in [7, 11) is 0. The van der Waals surface area contributed by atoms with E-state index in [1.807, 2.05) is 45.6 Å². The SMILES string of the molecule is CCCCOC(=O)N1CCC(c2cc(-c3ccc4c(Cl)n(Cc5ccccc5)nc4c3)c3c(N)ncnn23)CC1. The number of nitrogen functional groups attached to an aromatic ring is 1. The Morgan fingerprint density at radius 3 is 2.70 bits per heavy atom. The second kappa shape index (κ2) is 11.2. The van der Waals surface area contributed by atoms with Gasteiger partial charge in [-0.1, -0.05) is 61.3 Å². The van der Waals surface area contributed by atoms with Crippen LogP contribution in [0, 0.1) is 0 Å². The summed E-state index contributed by atoms with van der Waals surface area (Å²) in [5.74, 6) is 0.638. The average molecular weight is 558 g/mol. The minimum atomic E-state index is -0.224. The average Bonchev–Trinajstić information content (AvgIpc) is 3.52. The molecule has 2 N–H and O–H groups in total. The van der Waals surface area contributed by atoms with Gasteiger partial charge in [-0.25, -0.2) is 19.0 Å². The van der Waals surface area contributed by atoms with Crippen molar-refractivity contribution in [2.45, 2.75) is 45.1 Å². The molecule has 1 amide bonds. The van der Waals surface area contributed by atoms with Crippen molar-refractivity contribution in [3.05, 3.63) is 77.3 Å². The van der Waals surface area contributed by atoms with Gasteiger partial charge in [0.05, 0.1) is 18.7 Å². The summed E-state index contributed by atoms with van der Waals surface area (Å²) in [6.07, 6.45) is 4.78. The second-order valence-electron chi connectivity index (χ2n) is 10.3. The van der Waals surface area contributed by atoms with Gasteiger partial charge in [0.1, 0.15) is 17.0 Å². The molecule has 3 aromatic heterocycles. The third kappa shape index (κ3) is 4.97. The highest BCUT2D eigenvalue weighted by molar-refractivity contribution is 6.34. The molecule has 206 valence electrons. The molecule has 1 saturated heterocycles. The standard InChI is InChI=1S/C30H32ClN7O2/c1-2-3-15-40-30(39)36-13-11-21(12-14-36)26-17-24(27-29(32)33-19-34-38(26)27)22-9-10-23-25(16-22)35-37(28(23)31)18-20-7-5-4-6-8-20/h4-10,16-17,19,21H,2-3,11-15,18H2,1H3,(H2,32,33,34). The molecule has 5 aromatic rings. The highest BCUT2D eigenvalue weighted by atomic mass is 35.5. The summed E-state index contributed by atoms with van der Waals surface area (Å²) in [4.78, 5) is 18.5. The number of fused-ring (bicyclic) bond motifs is 2. The molecule has 0 spiro atoms. The van der Waals surface area contributed by atoms with Gasteiger partial charge in [-0.05, 0) is 48.6 Å². The van der Waals surface area contributed by atoms with Crippen LogP contribution in [-0.4, -0.2) is 55.1 Å². The van der Waals surface area contributed by atoms with E-state index in [0.717, 1.165) is 64.5 Å². The fourth-order valence-electron chi connectivity index (χ4n) is 5.49. The van der Waals surface area contributed by atoms with Crippen LogP contribution < -0.4 is 5.73 Å². The Hall–Kier alpha value is -4.11. The number of aromatic nitrogens is 5. The van der Waals surface area contributed by atoms with Crippen LogP contribution in [-0.2, 0) is 11.3 Å². The van der Waals surface area contributed by atoms with Crippen molar-refractivity contribution in [2.24, 2.45) is 0 Å². The largest absolute Gasteiger partial charge is 0.449 e. The molecule has 0 bridgehead atoms. The molecule has 1 fully saturated rings. The van der Waals surface area contributed by atoms with Crippen molar-refractivity contribution in [1.29, 1.82) is 0 Å². The van der Waals surface area contributed by atoms with Crippen molar-refractivity contribution in [1.82, 2.24) is 29.3 Å². The first-order chi connectivity index (χ1) is 19.5. The van der Waals surface area contributed by atoms with Gasteiger partial charge < -0.3 is 15.4 Å². The maximum Gasteiger partial charge on any atom is 0.409 e. The quantitative estimate of drug-likeness (QED) is 0.241. The Labute approximate surface area is 237 Å². The minimum Gasteiger partial charge on any atom is -0.449 e. The second-order valence-corrected chi connectivity index (χ2v) is 10.6. The van der Waals surface area contributed by atoms with E-state index in [0.29, 0.717) is 37.2 Å². The van der Waals surface area contributed by atoms with Crippen LogP contribution in [0.2, 0.25) is 5.15 Å². The lowest BCUT2D eigenvalue weighted by molar-refractivity contribution is 0.0913. The van der Waals surface area contributed by atoms with Crippen molar-refractivity contribution in [3.63, 3.8) is 0 Å². The number of unbranched alkanes of at least 4 members (excludes halogenated alkanes) is 1. The number of nitrogens with zero attached hydrogens (tertiary/aromatic N) is 6. The number of anilines is 1. The summed E-state index contributed by atoms with van der Waals surface area (Å²) in [6, 6.07) is 18.4. The first-order valence-electron chi connectivity index (χ1n) is 13.8. The highest BCUT2D eigenvalue weighted by Gasteiger charge is 2.28. The fourth-order valence-corrected chi connectivity index (χ4v) is 5.74. The van der Waals surface area contributed by atoms with Gasteiger partial charge in [0.15, 0.2) is 5.82 Å². The molecule has 9 nitrogen and oxygen atoms in total. The molecule has 6 rings (SSSR count). The Balaban J connectivity index is 1.30.